The number of aryl methyl sites for hydroxylation is 1. The highest BCUT2D eigenvalue weighted by Gasteiger charge is 2.20. The van der Waals surface area contributed by atoms with Crippen molar-refractivity contribution in [3.05, 3.63) is 29.6 Å². The van der Waals surface area contributed by atoms with Crippen LogP contribution in [0.25, 0.3) is 0 Å². The minimum Gasteiger partial charge on any atom is -0.334 e. The maximum atomic E-state index is 12.0. The lowest BCUT2D eigenvalue weighted by Gasteiger charge is -2.31. The Labute approximate surface area is 108 Å². The van der Waals surface area contributed by atoms with Gasteiger partial charge in [-0.2, -0.15) is 0 Å². The lowest BCUT2D eigenvalue weighted by Crippen LogP contribution is -2.44. The number of nitrogens with one attached hydrogen (secondary N) is 1. The SMILES string of the molecule is Cc1ccncc1CNC(=O)N1CCCC(C)C1. The number of hydrogen-bond acceptors (Lipinski definition) is 2. The highest BCUT2D eigenvalue weighted by atomic mass is 16.2. The van der Waals surface area contributed by atoms with Crippen molar-refractivity contribution in [1.82, 2.24) is 15.2 Å². The Balaban J connectivity index is 1.86. The van der Waals surface area contributed by atoms with Crippen molar-refractivity contribution >= 4 is 6.03 Å². The summed E-state index contributed by atoms with van der Waals surface area (Å²) in [6.07, 6.45) is 5.92. The third-order valence-electron chi connectivity index (χ3n) is 3.52. The minimum atomic E-state index is 0.0461. The summed E-state index contributed by atoms with van der Waals surface area (Å²) in [5.74, 6) is 0.615. The van der Waals surface area contributed by atoms with Crippen molar-refractivity contribution < 1.29 is 4.79 Å². The van der Waals surface area contributed by atoms with Gasteiger partial charge in [-0.3, -0.25) is 4.98 Å². The number of rotatable bonds is 2. The molecule has 0 radical (unpaired) electrons. The van der Waals surface area contributed by atoms with Gasteiger partial charge in [0.2, 0.25) is 0 Å². The second-order valence-corrected chi connectivity index (χ2v) is 5.15. The van der Waals surface area contributed by atoms with E-state index in [0.717, 1.165) is 30.6 Å². The Kier molecular flexibility index (Phi) is 4.18. The zero-order chi connectivity index (χ0) is 13.0. The summed E-state index contributed by atoms with van der Waals surface area (Å²) in [4.78, 5) is 18.0. The van der Waals surface area contributed by atoms with Gasteiger partial charge in [0.15, 0.2) is 0 Å². The first-order valence-corrected chi connectivity index (χ1v) is 6.59. The molecule has 1 aliphatic heterocycles. The predicted molar refractivity (Wildman–Crippen MR) is 71.2 cm³/mol. The number of pyridine rings is 1. The van der Waals surface area contributed by atoms with Crippen LogP contribution in [0.15, 0.2) is 18.5 Å². The third kappa shape index (κ3) is 3.22. The smallest absolute Gasteiger partial charge is 0.317 e. The van der Waals surface area contributed by atoms with Crippen LogP contribution in [0.4, 0.5) is 4.79 Å². The number of aromatic nitrogens is 1. The van der Waals surface area contributed by atoms with E-state index in [1.165, 1.54) is 6.42 Å². The average Bonchev–Trinajstić information content (AvgIpc) is 2.37. The average molecular weight is 247 g/mol. The van der Waals surface area contributed by atoms with Crippen LogP contribution >= 0.6 is 0 Å². The van der Waals surface area contributed by atoms with E-state index in [0.29, 0.717) is 12.5 Å². The highest BCUT2D eigenvalue weighted by Crippen LogP contribution is 2.15. The molecule has 0 aromatic carbocycles. The summed E-state index contributed by atoms with van der Waals surface area (Å²) < 4.78 is 0. The van der Waals surface area contributed by atoms with Gasteiger partial charge in [-0.25, -0.2) is 4.79 Å². The quantitative estimate of drug-likeness (QED) is 0.871. The lowest BCUT2D eigenvalue weighted by molar-refractivity contribution is 0.169. The van der Waals surface area contributed by atoms with Gasteiger partial charge in [0.1, 0.15) is 0 Å². The van der Waals surface area contributed by atoms with Crippen LogP contribution in [-0.2, 0) is 6.54 Å². The Morgan fingerprint density at radius 1 is 1.61 bits per heavy atom. The van der Waals surface area contributed by atoms with Crippen LogP contribution in [0.5, 0.6) is 0 Å². The standard InChI is InChI=1S/C14H21N3O/c1-11-4-3-7-17(10-11)14(18)16-9-13-8-15-6-5-12(13)2/h5-6,8,11H,3-4,7,9-10H2,1-2H3,(H,16,18). The molecule has 4 heteroatoms. The molecule has 1 N–H and O–H groups in total. The molecule has 0 bridgehead atoms. The summed E-state index contributed by atoms with van der Waals surface area (Å²) in [5, 5.41) is 2.98. The van der Waals surface area contributed by atoms with Crippen molar-refractivity contribution in [2.75, 3.05) is 13.1 Å². The van der Waals surface area contributed by atoms with Gasteiger partial charge in [0.25, 0.3) is 0 Å². The van der Waals surface area contributed by atoms with Gasteiger partial charge in [-0.05, 0) is 42.9 Å². The molecule has 1 aromatic heterocycles. The number of carbonyl (C=O) groups is 1. The van der Waals surface area contributed by atoms with Crippen molar-refractivity contribution in [2.24, 2.45) is 5.92 Å². The Bertz CT molecular complexity index is 419. The molecule has 1 aliphatic rings. The zero-order valence-corrected chi connectivity index (χ0v) is 11.1. The summed E-state index contributed by atoms with van der Waals surface area (Å²) in [5.41, 5.74) is 2.24. The van der Waals surface area contributed by atoms with Crippen LogP contribution in [0.3, 0.4) is 0 Å². The van der Waals surface area contributed by atoms with Gasteiger partial charge in [0.05, 0.1) is 0 Å². The van der Waals surface area contributed by atoms with Crippen LogP contribution < -0.4 is 5.32 Å². The van der Waals surface area contributed by atoms with Crippen LogP contribution in [0.1, 0.15) is 30.9 Å². The molecule has 0 saturated carbocycles. The number of carbonyl (C=O) groups excluding carboxylic acids is 1. The predicted octanol–water partition coefficient (Wildman–Crippen LogP) is 2.33. The third-order valence-corrected chi connectivity index (χ3v) is 3.52. The molecular formula is C14H21N3O. The van der Waals surface area contributed by atoms with E-state index in [9.17, 15) is 4.79 Å². The largest absolute Gasteiger partial charge is 0.334 e. The van der Waals surface area contributed by atoms with E-state index in [2.05, 4.69) is 17.2 Å². The number of hydrogen-bond donors (Lipinski definition) is 1. The Hall–Kier alpha value is -1.58. The molecule has 18 heavy (non-hydrogen) atoms. The molecule has 2 amide bonds. The Morgan fingerprint density at radius 2 is 2.44 bits per heavy atom. The monoisotopic (exact) mass is 247 g/mol. The molecule has 1 fully saturated rings. The first-order valence-electron chi connectivity index (χ1n) is 6.59. The van der Waals surface area contributed by atoms with Crippen molar-refractivity contribution in [3.8, 4) is 0 Å². The summed E-state index contributed by atoms with van der Waals surface area (Å²) in [6.45, 7) is 6.54. The molecule has 0 aliphatic carbocycles. The number of piperidine rings is 1. The molecule has 1 atom stereocenters. The molecule has 1 aromatic rings. The molecule has 1 saturated heterocycles. The summed E-state index contributed by atoms with van der Waals surface area (Å²) in [7, 11) is 0. The first kappa shape index (κ1) is 12.9. The molecule has 4 nitrogen and oxygen atoms in total. The second-order valence-electron chi connectivity index (χ2n) is 5.15. The van der Waals surface area contributed by atoms with Crippen molar-refractivity contribution in [2.45, 2.75) is 33.2 Å². The fourth-order valence-corrected chi connectivity index (χ4v) is 2.34. The summed E-state index contributed by atoms with van der Waals surface area (Å²) in [6, 6.07) is 2.01. The molecule has 1 unspecified atom stereocenters. The fourth-order valence-electron chi connectivity index (χ4n) is 2.34. The van der Waals surface area contributed by atoms with Gasteiger partial charge >= 0.3 is 6.03 Å². The number of urea groups is 1. The minimum absolute atomic E-state index is 0.0461. The highest BCUT2D eigenvalue weighted by molar-refractivity contribution is 5.74. The molecular weight excluding hydrogens is 226 g/mol. The Morgan fingerprint density at radius 3 is 3.17 bits per heavy atom. The van der Waals surface area contributed by atoms with Crippen LogP contribution in [0.2, 0.25) is 0 Å². The fraction of sp³-hybridized carbons (Fsp3) is 0.571. The van der Waals surface area contributed by atoms with Crippen molar-refractivity contribution in [1.29, 1.82) is 0 Å². The molecule has 2 rings (SSSR count). The van der Waals surface area contributed by atoms with Gasteiger partial charge in [0, 0.05) is 32.0 Å². The van der Waals surface area contributed by atoms with Gasteiger partial charge < -0.3 is 10.2 Å². The van der Waals surface area contributed by atoms with Gasteiger partial charge in [-0.15, -0.1) is 0 Å². The van der Waals surface area contributed by atoms with Crippen LogP contribution in [0, 0.1) is 12.8 Å². The molecule has 2 heterocycles. The zero-order valence-electron chi connectivity index (χ0n) is 11.1. The number of nitrogens with zero attached hydrogens (tertiary/aromatic N) is 2. The lowest BCUT2D eigenvalue weighted by atomic mass is 10.0. The molecule has 0 spiro atoms. The molecule has 98 valence electrons. The first-order chi connectivity index (χ1) is 8.66. The number of amides is 2. The maximum absolute atomic E-state index is 12.0. The van der Waals surface area contributed by atoms with Gasteiger partial charge in [-0.1, -0.05) is 6.92 Å². The van der Waals surface area contributed by atoms with E-state index >= 15 is 0 Å². The van der Waals surface area contributed by atoms with E-state index in [-0.39, 0.29) is 6.03 Å². The normalized spacial score (nSPS) is 19.7. The number of likely N-dealkylation sites (tertiary alicyclic amines) is 1. The second kappa shape index (κ2) is 5.85. The van der Waals surface area contributed by atoms with E-state index in [1.807, 2.05) is 24.1 Å². The maximum Gasteiger partial charge on any atom is 0.317 e. The topological polar surface area (TPSA) is 45.2 Å². The van der Waals surface area contributed by atoms with E-state index < -0.39 is 0 Å². The van der Waals surface area contributed by atoms with E-state index in [4.69, 9.17) is 0 Å². The summed E-state index contributed by atoms with van der Waals surface area (Å²) >= 11 is 0. The van der Waals surface area contributed by atoms with Crippen LogP contribution in [-0.4, -0.2) is 29.0 Å². The van der Waals surface area contributed by atoms with Crippen molar-refractivity contribution in [3.63, 3.8) is 0 Å². The van der Waals surface area contributed by atoms with E-state index in [1.54, 1.807) is 6.20 Å².